The molecule has 1 N–H and O–H groups in total. The Morgan fingerprint density at radius 2 is 2.46 bits per heavy atom. The van der Waals surface area contributed by atoms with E-state index in [1.807, 2.05) is 6.08 Å². The highest BCUT2D eigenvalue weighted by Crippen LogP contribution is 2.16. The fourth-order valence-electron chi connectivity index (χ4n) is 1.61. The number of hydrogen-bond donors (Lipinski definition) is 1. The van der Waals surface area contributed by atoms with Crippen LogP contribution in [0, 0.1) is 5.92 Å². The summed E-state index contributed by atoms with van der Waals surface area (Å²) < 4.78 is 0. The van der Waals surface area contributed by atoms with Gasteiger partial charge in [0.25, 0.3) is 0 Å². The van der Waals surface area contributed by atoms with Crippen molar-refractivity contribution >= 4 is 17.6 Å². The van der Waals surface area contributed by atoms with E-state index in [9.17, 15) is 4.79 Å². The molecule has 1 atom stereocenters. The first kappa shape index (κ1) is 10.5. The predicted molar refractivity (Wildman–Crippen MR) is 51.8 cm³/mol. The van der Waals surface area contributed by atoms with E-state index in [1.165, 1.54) is 5.54 Å². The summed E-state index contributed by atoms with van der Waals surface area (Å²) in [7, 11) is 0. The molecule has 0 bridgehead atoms. The first-order chi connectivity index (χ1) is 6.24. The van der Waals surface area contributed by atoms with Crippen LogP contribution in [0.1, 0.15) is 12.8 Å². The van der Waals surface area contributed by atoms with Gasteiger partial charge in [-0.3, -0.25) is 9.69 Å². The van der Waals surface area contributed by atoms with Crippen molar-refractivity contribution in [2.45, 2.75) is 12.8 Å². The average Bonchev–Trinajstić information content (AvgIpc) is 2.15. The van der Waals surface area contributed by atoms with Crippen LogP contribution in [0.4, 0.5) is 0 Å². The van der Waals surface area contributed by atoms with Gasteiger partial charge in [-0.1, -0.05) is 17.7 Å². The third kappa shape index (κ3) is 3.36. The quantitative estimate of drug-likeness (QED) is 0.757. The topological polar surface area (TPSA) is 40.5 Å². The van der Waals surface area contributed by atoms with Crippen molar-refractivity contribution < 1.29 is 9.90 Å². The maximum absolute atomic E-state index is 10.7. The molecule has 0 aromatic carbocycles. The molecule has 1 aliphatic rings. The monoisotopic (exact) mass is 203 g/mol. The van der Waals surface area contributed by atoms with Crippen molar-refractivity contribution in [3.8, 4) is 0 Å². The molecule has 0 spiro atoms. The molecule has 74 valence electrons. The first-order valence-corrected chi connectivity index (χ1v) is 4.88. The highest BCUT2D eigenvalue weighted by molar-refractivity contribution is 6.25. The Balaban J connectivity index is 2.37. The van der Waals surface area contributed by atoms with Gasteiger partial charge in [-0.15, -0.1) is 0 Å². The number of carboxylic acids is 1. The maximum atomic E-state index is 10.7. The van der Waals surface area contributed by atoms with Crippen LogP contribution in [0.3, 0.4) is 0 Å². The number of halogens is 1. The van der Waals surface area contributed by atoms with E-state index in [1.54, 1.807) is 0 Å². The Labute approximate surface area is 83.0 Å². The van der Waals surface area contributed by atoms with E-state index in [-0.39, 0.29) is 5.92 Å². The summed E-state index contributed by atoms with van der Waals surface area (Å²) in [5, 5.41) is 8.81. The van der Waals surface area contributed by atoms with E-state index in [4.69, 9.17) is 16.7 Å². The summed E-state index contributed by atoms with van der Waals surface area (Å²) in [6.07, 6.45) is 3.61. The number of hydrogen-bond acceptors (Lipinski definition) is 2. The molecule has 1 rings (SSSR count). The SMILES string of the molecule is O=C(O)C1CCCN(C/C=C/Cl)C1. The number of carboxylic acid groups (broad SMARTS) is 1. The zero-order chi connectivity index (χ0) is 9.68. The van der Waals surface area contributed by atoms with E-state index in [0.29, 0.717) is 6.54 Å². The fourth-order valence-corrected chi connectivity index (χ4v) is 1.69. The van der Waals surface area contributed by atoms with Gasteiger partial charge in [0.1, 0.15) is 0 Å². The van der Waals surface area contributed by atoms with Crippen LogP contribution < -0.4 is 0 Å². The van der Waals surface area contributed by atoms with Crippen molar-refractivity contribution in [1.82, 2.24) is 4.90 Å². The fraction of sp³-hybridized carbons (Fsp3) is 0.667. The molecular formula is C9H14ClNO2. The summed E-state index contributed by atoms with van der Waals surface area (Å²) in [5.74, 6) is -0.878. The molecule has 0 aliphatic carbocycles. The van der Waals surface area contributed by atoms with Crippen LogP contribution in [-0.2, 0) is 4.79 Å². The Morgan fingerprint density at radius 1 is 1.69 bits per heavy atom. The molecule has 13 heavy (non-hydrogen) atoms. The third-order valence-corrected chi connectivity index (χ3v) is 2.49. The van der Waals surface area contributed by atoms with E-state index in [0.717, 1.165) is 25.9 Å². The van der Waals surface area contributed by atoms with Gasteiger partial charge in [-0.25, -0.2) is 0 Å². The molecule has 3 nitrogen and oxygen atoms in total. The average molecular weight is 204 g/mol. The molecule has 0 saturated carbocycles. The zero-order valence-electron chi connectivity index (χ0n) is 7.45. The molecular weight excluding hydrogens is 190 g/mol. The van der Waals surface area contributed by atoms with Crippen molar-refractivity contribution in [2.24, 2.45) is 5.92 Å². The summed E-state index contributed by atoms with van der Waals surface area (Å²) in [6.45, 7) is 2.38. The molecule has 1 fully saturated rings. The van der Waals surface area contributed by atoms with Crippen molar-refractivity contribution in [1.29, 1.82) is 0 Å². The van der Waals surface area contributed by atoms with Crippen molar-refractivity contribution in [3.05, 3.63) is 11.6 Å². The molecule has 1 saturated heterocycles. The highest BCUT2D eigenvalue weighted by atomic mass is 35.5. The minimum atomic E-state index is -0.681. The van der Waals surface area contributed by atoms with Crippen LogP contribution in [0.5, 0.6) is 0 Å². The van der Waals surface area contributed by atoms with Gasteiger partial charge in [0.15, 0.2) is 0 Å². The van der Waals surface area contributed by atoms with Crippen LogP contribution >= 0.6 is 11.6 Å². The minimum Gasteiger partial charge on any atom is -0.481 e. The largest absolute Gasteiger partial charge is 0.481 e. The van der Waals surface area contributed by atoms with E-state index in [2.05, 4.69) is 4.90 Å². The van der Waals surface area contributed by atoms with Crippen molar-refractivity contribution in [2.75, 3.05) is 19.6 Å². The Bertz CT molecular complexity index is 206. The number of rotatable bonds is 3. The smallest absolute Gasteiger partial charge is 0.307 e. The molecule has 0 amide bonds. The third-order valence-electron chi connectivity index (χ3n) is 2.31. The zero-order valence-corrected chi connectivity index (χ0v) is 8.20. The van der Waals surface area contributed by atoms with Crippen LogP contribution in [-0.4, -0.2) is 35.6 Å². The lowest BCUT2D eigenvalue weighted by molar-refractivity contribution is -0.143. The number of aliphatic carboxylic acids is 1. The molecule has 4 heteroatoms. The molecule has 1 aliphatic heterocycles. The summed E-state index contributed by atoms with van der Waals surface area (Å²) in [6, 6.07) is 0. The van der Waals surface area contributed by atoms with Gasteiger partial charge in [0, 0.05) is 18.6 Å². The molecule has 0 radical (unpaired) electrons. The van der Waals surface area contributed by atoms with Crippen LogP contribution in [0.15, 0.2) is 11.6 Å². The molecule has 1 heterocycles. The highest BCUT2D eigenvalue weighted by Gasteiger charge is 2.24. The lowest BCUT2D eigenvalue weighted by atomic mass is 9.98. The second-order valence-corrected chi connectivity index (χ2v) is 3.55. The summed E-state index contributed by atoms with van der Waals surface area (Å²) in [4.78, 5) is 12.8. The Kier molecular flexibility index (Phi) is 4.25. The van der Waals surface area contributed by atoms with Gasteiger partial charge >= 0.3 is 5.97 Å². The lowest BCUT2D eigenvalue weighted by Gasteiger charge is -2.29. The first-order valence-electron chi connectivity index (χ1n) is 4.44. The molecule has 0 aromatic rings. The summed E-state index contributed by atoms with van der Waals surface area (Å²) in [5.41, 5.74) is 1.48. The van der Waals surface area contributed by atoms with Crippen LogP contribution in [0.2, 0.25) is 0 Å². The van der Waals surface area contributed by atoms with Gasteiger partial charge < -0.3 is 5.11 Å². The van der Waals surface area contributed by atoms with Gasteiger partial charge in [-0.2, -0.15) is 0 Å². The summed E-state index contributed by atoms with van der Waals surface area (Å²) >= 11 is 5.40. The minimum absolute atomic E-state index is 0.197. The molecule has 1 unspecified atom stereocenters. The normalized spacial score (nSPS) is 25.2. The van der Waals surface area contributed by atoms with Crippen LogP contribution in [0.25, 0.3) is 0 Å². The Morgan fingerprint density at radius 3 is 3.08 bits per heavy atom. The number of carbonyl (C=O) groups is 1. The van der Waals surface area contributed by atoms with E-state index >= 15 is 0 Å². The van der Waals surface area contributed by atoms with E-state index < -0.39 is 5.97 Å². The van der Waals surface area contributed by atoms with Gasteiger partial charge in [0.2, 0.25) is 0 Å². The second kappa shape index (κ2) is 5.25. The Hall–Kier alpha value is -0.540. The number of piperidine rings is 1. The second-order valence-electron chi connectivity index (χ2n) is 3.30. The lowest BCUT2D eigenvalue weighted by Crippen LogP contribution is -2.38. The number of likely N-dealkylation sites (tertiary alicyclic amines) is 1. The van der Waals surface area contributed by atoms with Gasteiger partial charge in [-0.05, 0) is 19.4 Å². The maximum Gasteiger partial charge on any atom is 0.307 e. The number of nitrogens with zero attached hydrogens (tertiary/aromatic N) is 1. The predicted octanol–water partition coefficient (Wildman–Crippen LogP) is 1.54. The molecule has 0 aromatic heterocycles. The van der Waals surface area contributed by atoms with Gasteiger partial charge in [0.05, 0.1) is 5.92 Å². The standard InChI is InChI=1S/C9H14ClNO2/c10-4-2-6-11-5-1-3-8(7-11)9(12)13/h2,4,8H,1,3,5-7H2,(H,12,13)/b4-2+. The van der Waals surface area contributed by atoms with Crippen molar-refractivity contribution in [3.63, 3.8) is 0 Å².